The third-order valence-corrected chi connectivity index (χ3v) is 4.33. The van der Waals surface area contributed by atoms with Crippen molar-refractivity contribution in [2.24, 2.45) is 0 Å². The fourth-order valence-corrected chi connectivity index (χ4v) is 3.01. The molecule has 1 aromatic heterocycles. The zero-order valence-corrected chi connectivity index (χ0v) is 13.4. The molecule has 0 atom stereocenters. The van der Waals surface area contributed by atoms with Crippen LogP contribution in [-0.4, -0.2) is 11.0 Å². The van der Waals surface area contributed by atoms with E-state index in [0.717, 1.165) is 16.6 Å². The first kappa shape index (κ1) is 15.6. The first-order chi connectivity index (χ1) is 11.1. The van der Waals surface area contributed by atoms with E-state index in [0.29, 0.717) is 5.69 Å². The van der Waals surface area contributed by atoms with Crippen molar-refractivity contribution in [2.75, 3.05) is 0 Å². The van der Waals surface area contributed by atoms with E-state index < -0.39 is 11.8 Å². The first-order valence-electron chi connectivity index (χ1n) is 6.75. The van der Waals surface area contributed by atoms with Gasteiger partial charge in [-0.2, -0.15) is 0 Å². The summed E-state index contributed by atoms with van der Waals surface area (Å²) >= 11 is 7.31. The van der Waals surface area contributed by atoms with Crippen LogP contribution in [-0.2, 0) is 11.3 Å². The van der Waals surface area contributed by atoms with E-state index in [9.17, 15) is 9.18 Å². The molecule has 3 rings (SSSR count). The lowest BCUT2D eigenvalue weighted by atomic mass is 10.2. The normalized spacial score (nSPS) is 10.5. The third kappa shape index (κ3) is 3.75. The minimum atomic E-state index is -0.607. The average molecular weight is 348 g/mol. The SMILES string of the molecule is O=C(OCc1csc(-c2ccccc2)n1)c1ccc(F)cc1Cl. The van der Waals surface area contributed by atoms with Gasteiger partial charge in [-0.25, -0.2) is 14.2 Å². The van der Waals surface area contributed by atoms with Gasteiger partial charge in [0.05, 0.1) is 16.3 Å². The molecule has 116 valence electrons. The van der Waals surface area contributed by atoms with Crippen LogP contribution in [0.4, 0.5) is 4.39 Å². The van der Waals surface area contributed by atoms with Crippen LogP contribution < -0.4 is 0 Å². The molecule has 0 saturated heterocycles. The second-order valence-corrected chi connectivity index (χ2v) is 5.98. The molecule has 2 aromatic carbocycles. The molecule has 0 N–H and O–H groups in total. The molecule has 0 radical (unpaired) electrons. The van der Waals surface area contributed by atoms with Gasteiger partial charge in [0.1, 0.15) is 17.4 Å². The molecule has 0 saturated carbocycles. The number of carbonyl (C=O) groups is 1. The Hall–Kier alpha value is -2.24. The summed E-state index contributed by atoms with van der Waals surface area (Å²) in [4.78, 5) is 16.4. The zero-order chi connectivity index (χ0) is 16.2. The lowest BCUT2D eigenvalue weighted by Gasteiger charge is -2.04. The van der Waals surface area contributed by atoms with Crippen molar-refractivity contribution in [3.05, 3.63) is 76.0 Å². The molecule has 1 heterocycles. The van der Waals surface area contributed by atoms with Crippen molar-refractivity contribution in [3.8, 4) is 10.6 Å². The summed E-state index contributed by atoms with van der Waals surface area (Å²) in [7, 11) is 0. The van der Waals surface area contributed by atoms with Crippen molar-refractivity contribution in [1.82, 2.24) is 4.98 Å². The number of esters is 1. The highest BCUT2D eigenvalue weighted by molar-refractivity contribution is 7.13. The Labute approximate surface area is 141 Å². The van der Waals surface area contributed by atoms with Crippen molar-refractivity contribution in [3.63, 3.8) is 0 Å². The lowest BCUT2D eigenvalue weighted by Crippen LogP contribution is -2.06. The fraction of sp³-hybridized carbons (Fsp3) is 0.0588. The van der Waals surface area contributed by atoms with Crippen LogP contribution in [0, 0.1) is 5.82 Å². The highest BCUT2D eigenvalue weighted by Crippen LogP contribution is 2.24. The first-order valence-corrected chi connectivity index (χ1v) is 8.01. The van der Waals surface area contributed by atoms with E-state index in [1.807, 2.05) is 35.7 Å². The molecule has 0 aliphatic rings. The largest absolute Gasteiger partial charge is 0.456 e. The van der Waals surface area contributed by atoms with E-state index in [-0.39, 0.29) is 17.2 Å². The Morgan fingerprint density at radius 3 is 2.74 bits per heavy atom. The molecule has 0 aliphatic carbocycles. The Balaban J connectivity index is 1.67. The molecule has 0 bridgehead atoms. The van der Waals surface area contributed by atoms with Crippen LogP contribution in [0.15, 0.2) is 53.9 Å². The van der Waals surface area contributed by atoms with Crippen LogP contribution >= 0.6 is 22.9 Å². The monoisotopic (exact) mass is 347 g/mol. The number of halogens is 2. The molecule has 0 aliphatic heterocycles. The van der Waals surface area contributed by atoms with E-state index in [1.54, 1.807) is 0 Å². The molecular weight excluding hydrogens is 337 g/mol. The van der Waals surface area contributed by atoms with Gasteiger partial charge in [-0.3, -0.25) is 0 Å². The number of carbonyl (C=O) groups excluding carboxylic acids is 1. The number of nitrogens with zero attached hydrogens (tertiary/aromatic N) is 1. The molecular formula is C17H11ClFNO2S. The van der Waals surface area contributed by atoms with Gasteiger partial charge < -0.3 is 4.74 Å². The summed E-state index contributed by atoms with van der Waals surface area (Å²) in [5.41, 5.74) is 1.80. The van der Waals surface area contributed by atoms with Crippen LogP contribution in [0.25, 0.3) is 10.6 Å². The number of hydrogen-bond donors (Lipinski definition) is 0. The van der Waals surface area contributed by atoms with Gasteiger partial charge in [0.25, 0.3) is 0 Å². The average Bonchev–Trinajstić information content (AvgIpc) is 3.02. The van der Waals surface area contributed by atoms with Crippen molar-refractivity contribution in [1.29, 1.82) is 0 Å². The topological polar surface area (TPSA) is 39.2 Å². The van der Waals surface area contributed by atoms with Gasteiger partial charge in [-0.15, -0.1) is 11.3 Å². The van der Waals surface area contributed by atoms with Crippen LogP contribution in [0.2, 0.25) is 5.02 Å². The summed E-state index contributed by atoms with van der Waals surface area (Å²) in [6.45, 7) is 0.0376. The molecule has 0 fully saturated rings. The maximum absolute atomic E-state index is 13.0. The van der Waals surface area contributed by atoms with Gasteiger partial charge in [0.15, 0.2) is 0 Å². The number of benzene rings is 2. The van der Waals surface area contributed by atoms with Crippen molar-refractivity contribution >= 4 is 28.9 Å². The van der Waals surface area contributed by atoms with Gasteiger partial charge >= 0.3 is 5.97 Å². The summed E-state index contributed by atoms with van der Waals surface area (Å²) < 4.78 is 18.2. The number of hydrogen-bond acceptors (Lipinski definition) is 4. The molecule has 0 spiro atoms. The molecule has 3 nitrogen and oxygen atoms in total. The minimum Gasteiger partial charge on any atom is -0.456 e. The number of rotatable bonds is 4. The molecule has 0 unspecified atom stereocenters. The predicted octanol–water partition coefficient (Wildman–Crippen LogP) is 4.96. The van der Waals surface area contributed by atoms with Gasteiger partial charge in [-0.05, 0) is 18.2 Å². The molecule has 3 aromatic rings. The minimum absolute atomic E-state index is 0.0262. The number of aromatic nitrogens is 1. The van der Waals surface area contributed by atoms with Crippen LogP contribution in [0.5, 0.6) is 0 Å². The smallest absolute Gasteiger partial charge is 0.340 e. The molecule has 6 heteroatoms. The highest BCUT2D eigenvalue weighted by Gasteiger charge is 2.13. The van der Waals surface area contributed by atoms with Gasteiger partial charge in [0, 0.05) is 10.9 Å². The second-order valence-electron chi connectivity index (χ2n) is 4.71. The maximum atomic E-state index is 13.0. The van der Waals surface area contributed by atoms with Crippen LogP contribution in [0.1, 0.15) is 16.1 Å². The van der Waals surface area contributed by atoms with Crippen molar-refractivity contribution < 1.29 is 13.9 Å². The molecule has 23 heavy (non-hydrogen) atoms. The fourth-order valence-electron chi connectivity index (χ4n) is 1.96. The van der Waals surface area contributed by atoms with E-state index in [2.05, 4.69) is 4.98 Å². The van der Waals surface area contributed by atoms with Crippen molar-refractivity contribution in [2.45, 2.75) is 6.61 Å². The third-order valence-electron chi connectivity index (χ3n) is 3.07. The van der Waals surface area contributed by atoms with E-state index in [1.165, 1.54) is 23.5 Å². The Morgan fingerprint density at radius 2 is 2.00 bits per heavy atom. The standard InChI is InChI=1S/C17H11ClFNO2S/c18-15-8-12(19)6-7-14(15)17(21)22-9-13-10-23-16(20-13)11-4-2-1-3-5-11/h1-8,10H,9H2. The van der Waals surface area contributed by atoms with E-state index in [4.69, 9.17) is 16.3 Å². The lowest BCUT2D eigenvalue weighted by molar-refractivity contribution is 0.0468. The zero-order valence-electron chi connectivity index (χ0n) is 11.8. The Bertz CT molecular complexity index is 836. The summed E-state index contributed by atoms with van der Waals surface area (Å²) in [6.07, 6.45) is 0. The molecule has 0 amide bonds. The predicted molar refractivity (Wildman–Crippen MR) is 88.1 cm³/mol. The summed E-state index contributed by atoms with van der Waals surface area (Å²) in [5, 5.41) is 2.72. The Morgan fingerprint density at radius 1 is 1.22 bits per heavy atom. The van der Waals surface area contributed by atoms with Crippen LogP contribution in [0.3, 0.4) is 0 Å². The highest BCUT2D eigenvalue weighted by atomic mass is 35.5. The number of ether oxygens (including phenoxy) is 1. The number of thiazole rings is 1. The van der Waals surface area contributed by atoms with E-state index >= 15 is 0 Å². The second kappa shape index (κ2) is 6.89. The Kier molecular flexibility index (Phi) is 4.69. The summed E-state index contributed by atoms with van der Waals surface area (Å²) in [5.74, 6) is -1.11. The summed E-state index contributed by atoms with van der Waals surface area (Å²) in [6, 6.07) is 13.3. The van der Waals surface area contributed by atoms with Gasteiger partial charge in [0.2, 0.25) is 0 Å². The quantitative estimate of drug-likeness (QED) is 0.626. The maximum Gasteiger partial charge on any atom is 0.340 e. The van der Waals surface area contributed by atoms with Gasteiger partial charge in [-0.1, -0.05) is 41.9 Å².